The molecule has 0 aliphatic carbocycles. The van der Waals surface area contributed by atoms with Gasteiger partial charge in [0.2, 0.25) is 0 Å². The minimum atomic E-state index is -4.98. The molecule has 0 atom stereocenters. The number of carbonyl (C=O) groups excluding carboxylic acids is 1. The monoisotopic (exact) mass is 240 g/mol. The van der Waals surface area contributed by atoms with Crippen LogP contribution in [-0.2, 0) is 6.18 Å². The molecular formula is C8H5F5N2O. The number of nitrogens with zero attached hydrogens (tertiary/aromatic N) is 1. The summed E-state index contributed by atoms with van der Waals surface area (Å²) in [6.45, 7) is 0. The zero-order valence-electron chi connectivity index (χ0n) is 7.55. The molecule has 16 heavy (non-hydrogen) atoms. The topological polar surface area (TPSA) is 56.0 Å². The zero-order chi connectivity index (χ0) is 12.5. The summed E-state index contributed by atoms with van der Waals surface area (Å²) in [5, 5.41) is 0. The van der Waals surface area contributed by atoms with Crippen LogP contribution in [0.15, 0.2) is 6.20 Å². The molecule has 0 saturated carbocycles. The Kier molecular flexibility index (Phi) is 3.11. The molecule has 0 fully saturated rings. The number of nitrogens with two attached hydrogens (primary N) is 1. The van der Waals surface area contributed by atoms with Crippen LogP contribution in [0.25, 0.3) is 0 Å². The number of aromatic nitrogens is 1. The maximum atomic E-state index is 12.4. The molecule has 1 aromatic heterocycles. The summed E-state index contributed by atoms with van der Waals surface area (Å²) in [6.07, 6.45) is -7.93. The van der Waals surface area contributed by atoms with E-state index in [0.29, 0.717) is 6.20 Å². The number of anilines is 1. The number of aldehydes is 1. The summed E-state index contributed by atoms with van der Waals surface area (Å²) in [4.78, 5) is 13.3. The van der Waals surface area contributed by atoms with E-state index in [0.717, 1.165) is 0 Å². The normalized spacial score (nSPS) is 11.9. The Bertz CT molecular complexity index is 416. The van der Waals surface area contributed by atoms with Crippen LogP contribution in [-0.4, -0.2) is 11.3 Å². The van der Waals surface area contributed by atoms with Crippen LogP contribution < -0.4 is 5.73 Å². The molecule has 0 amide bonds. The first-order valence-electron chi connectivity index (χ1n) is 3.88. The summed E-state index contributed by atoms with van der Waals surface area (Å²) < 4.78 is 61.8. The summed E-state index contributed by atoms with van der Waals surface area (Å²) in [6, 6.07) is 0. The van der Waals surface area contributed by atoms with Crippen LogP contribution in [0.4, 0.5) is 27.6 Å². The Morgan fingerprint density at radius 3 is 2.31 bits per heavy atom. The van der Waals surface area contributed by atoms with E-state index in [4.69, 9.17) is 5.73 Å². The van der Waals surface area contributed by atoms with Gasteiger partial charge in [-0.05, 0) is 0 Å². The van der Waals surface area contributed by atoms with Crippen molar-refractivity contribution in [2.45, 2.75) is 12.6 Å². The van der Waals surface area contributed by atoms with Crippen molar-refractivity contribution in [1.82, 2.24) is 4.98 Å². The third-order valence-corrected chi connectivity index (χ3v) is 1.79. The molecule has 1 rings (SSSR count). The van der Waals surface area contributed by atoms with Gasteiger partial charge in [-0.3, -0.25) is 9.78 Å². The lowest BCUT2D eigenvalue weighted by atomic mass is 10.1. The lowest BCUT2D eigenvalue weighted by Crippen LogP contribution is -2.15. The SMILES string of the molecule is Nc1c(C(F)F)ncc(C=O)c1C(F)(F)F. The maximum Gasteiger partial charge on any atom is 0.419 e. The van der Waals surface area contributed by atoms with Crippen molar-refractivity contribution in [2.75, 3.05) is 5.73 Å². The number of carbonyl (C=O) groups is 1. The predicted molar refractivity (Wildman–Crippen MR) is 44.0 cm³/mol. The molecule has 0 aliphatic rings. The van der Waals surface area contributed by atoms with Crippen molar-refractivity contribution >= 4 is 12.0 Å². The van der Waals surface area contributed by atoms with Gasteiger partial charge in [0.25, 0.3) is 6.43 Å². The molecule has 8 heteroatoms. The molecule has 0 bridgehead atoms. The summed E-state index contributed by atoms with van der Waals surface area (Å²) in [7, 11) is 0. The highest BCUT2D eigenvalue weighted by atomic mass is 19.4. The predicted octanol–water partition coefficient (Wildman–Crippen LogP) is 2.43. The van der Waals surface area contributed by atoms with Crippen molar-refractivity contribution in [3.8, 4) is 0 Å². The van der Waals surface area contributed by atoms with Crippen molar-refractivity contribution in [1.29, 1.82) is 0 Å². The number of halogens is 5. The highest BCUT2D eigenvalue weighted by Gasteiger charge is 2.38. The number of pyridine rings is 1. The van der Waals surface area contributed by atoms with Gasteiger partial charge in [-0.15, -0.1) is 0 Å². The van der Waals surface area contributed by atoms with E-state index in [-0.39, 0.29) is 6.29 Å². The van der Waals surface area contributed by atoms with Crippen molar-refractivity contribution in [3.63, 3.8) is 0 Å². The van der Waals surface area contributed by atoms with Crippen LogP contribution in [0, 0.1) is 0 Å². The van der Waals surface area contributed by atoms with E-state index in [1.165, 1.54) is 0 Å². The Morgan fingerprint density at radius 2 is 1.94 bits per heavy atom. The molecule has 1 heterocycles. The standard InChI is InChI=1S/C8H5F5N2O/c9-7(10)6-5(14)4(8(11,12)13)3(2-16)1-15-6/h1-2,7H,14H2. The summed E-state index contributed by atoms with van der Waals surface area (Å²) >= 11 is 0. The van der Waals surface area contributed by atoms with Crippen molar-refractivity contribution in [3.05, 3.63) is 23.0 Å². The first kappa shape index (κ1) is 12.3. The summed E-state index contributed by atoms with van der Waals surface area (Å²) in [5.41, 5.74) is 0.0849. The van der Waals surface area contributed by atoms with Gasteiger partial charge in [0.1, 0.15) is 5.69 Å². The van der Waals surface area contributed by atoms with Crippen molar-refractivity contribution in [2.24, 2.45) is 0 Å². The number of nitrogen functional groups attached to an aromatic ring is 1. The molecule has 0 radical (unpaired) electrons. The summed E-state index contributed by atoms with van der Waals surface area (Å²) in [5.74, 6) is 0. The highest BCUT2D eigenvalue weighted by molar-refractivity contribution is 5.80. The fraction of sp³-hybridized carbons (Fsp3) is 0.250. The van der Waals surface area contributed by atoms with Crippen LogP contribution in [0.1, 0.15) is 28.0 Å². The molecule has 0 spiro atoms. The Hall–Kier alpha value is -1.73. The van der Waals surface area contributed by atoms with E-state index in [9.17, 15) is 26.7 Å². The average Bonchev–Trinajstić information content (AvgIpc) is 2.14. The van der Waals surface area contributed by atoms with Crippen molar-refractivity contribution < 1.29 is 26.7 Å². The number of alkyl halides is 5. The van der Waals surface area contributed by atoms with E-state index in [2.05, 4.69) is 4.98 Å². The molecule has 0 saturated heterocycles. The lowest BCUT2D eigenvalue weighted by Gasteiger charge is -2.14. The van der Waals surface area contributed by atoms with E-state index in [1.54, 1.807) is 0 Å². The quantitative estimate of drug-likeness (QED) is 0.638. The third kappa shape index (κ3) is 2.10. The smallest absolute Gasteiger partial charge is 0.397 e. The molecular weight excluding hydrogens is 235 g/mol. The number of hydrogen-bond acceptors (Lipinski definition) is 3. The number of rotatable bonds is 2. The fourth-order valence-electron chi connectivity index (χ4n) is 1.14. The second-order valence-electron chi connectivity index (χ2n) is 2.80. The highest BCUT2D eigenvalue weighted by Crippen LogP contribution is 2.38. The van der Waals surface area contributed by atoms with Crippen LogP contribution >= 0.6 is 0 Å². The van der Waals surface area contributed by atoms with Gasteiger partial charge < -0.3 is 5.73 Å². The largest absolute Gasteiger partial charge is 0.419 e. The Balaban J connectivity index is 3.53. The molecule has 1 aromatic rings. The minimum Gasteiger partial charge on any atom is -0.397 e. The fourth-order valence-corrected chi connectivity index (χ4v) is 1.14. The molecule has 0 aromatic carbocycles. The van der Waals surface area contributed by atoms with Gasteiger partial charge in [-0.2, -0.15) is 13.2 Å². The van der Waals surface area contributed by atoms with Gasteiger partial charge in [0.05, 0.1) is 11.3 Å². The molecule has 88 valence electrons. The van der Waals surface area contributed by atoms with Crippen LogP contribution in [0.5, 0.6) is 0 Å². The first-order valence-corrected chi connectivity index (χ1v) is 3.88. The third-order valence-electron chi connectivity index (χ3n) is 1.79. The average molecular weight is 240 g/mol. The van der Waals surface area contributed by atoms with Crippen LogP contribution in [0.3, 0.4) is 0 Å². The van der Waals surface area contributed by atoms with E-state index < -0.39 is 35.1 Å². The van der Waals surface area contributed by atoms with Gasteiger partial charge in [-0.25, -0.2) is 8.78 Å². The molecule has 3 nitrogen and oxygen atoms in total. The lowest BCUT2D eigenvalue weighted by molar-refractivity contribution is -0.137. The molecule has 0 unspecified atom stereocenters. The minimum absolute atomic E-state index is 0.137. The Labute approximate surface area is 86.1 Å². The second kappa shape index (κ2) is 4.03. The number of hydrogen-bond donors (Lipinski definition) is 1. The maximum absolute atomic E-state index is 12.4. The zero-order valence-corrected chi connectivity index (χ0v) is 7.55. The van der Waals surface area contributed by atoms with Gasteiger partial charge >= 0.3 is 6.18 Å². The van der Waals surface area contributed by atoms with Gasteiger partial charge in [-0.1, -0.05) is 0 Å². The van der Waals surface area contributed by atoms with Gasteiger partial charge in [0.15, 0.2) is 6.29 Å². The van der Waals surface area contributed by atoms with E-state index >= 15 is 0 Å². The Morgan fingerprint density at radius 1 is 1.38 bits per heavy atom. The molecule has 2 N–H and O–H groups in total. The van der Waals surface area contributed by atoms with E-state index in [1.807, 2.05) is 0 Å². The van der Waals surface area contributed by atoms with Gasteiger partial charge in [0, 0.05) is 11.8 Å². The van der Waals surface area contributed by atoms with Crippen LogP contribution in [0.2, 0.25) is 0 Å². The second-order valence-corrected chi connectivity index (χ2v) is 2.80. The first-order chi connectivity index (χ1) is 7.29. The molecule has 0 aliphatic heterocycles.